The highest BCUT2D eigenvalue weighted by Crippen LogP contribution is 2.28. The molecule has 2 aliphatic rings. The van der Waals surface area contributed by atoms with Gasteiger partial charge < -0.3 is 24.5 Å². The number of fused-ring (bicyclic) bond motifs is 1. The highest BCUT2D eigenvalue weighted by Gasteiger charge is 2.33. The number of aromatic hydroxyl groups is 1. The highest BCUT2D eigenvalue weighted by atomic mass is 16.7. The molecule has 1 aromatic carbocycles. The van der Waals surface area contributed by atoms with E-state index in [1.54, 1.807) is 20.8 Å². The summed E-state index contributed by atoms with van der Waals surface area (Å²) in [6.45, 7) is 6.66. The van der Waals surface area contributed by atoms with Gasteiger partial charge in [-0.05, 0) is 45.1 Å². The second-order valence-corrected chi connectivity index (χ2v) is 9.43. The van der Waals surface area contributed by atoms with Crippen LogP contribution in [0.2, 0.25) is 0 Å². The van der Waals surface area contributed by atoms with Crippen molar-refractivity contribution in [1.29, 1.82) is 0 Å². The first kappa shape index (κ1) is 22.8. The average molecular weight is 459 g/mol. The minimum absolute atomic E-state index is 0.0248. The Bertz CT molecular complexity index is 1080. The standard InChI is InChI=1S/C23H30N4O6/c1-23(2,3)32-21(30)25-13-14-26-18(15-25)19(28)27(20(26)29)33-22(31)24-11-9-17(10-12-24)16-7-5-4-6-8-16/h4-8,17,28H,9-15H2,1-3H3. The second-order valence-electron chi connectivity index (χ2n) is 9.43. The predicted molar refractivity (Wildman–Crippen MR) is 119 cm³/mol. The quantitative estimate of drug-likeness (QED) is 0.741. The summed E-state index contributed by atoms with van der Waals surface area (Å²) in [6, 6.07) is 10.2. The van der Waals surface area contributed by atoms with Gasteiger partial charge in [-0.15, -0.1) is 0 Å². The molecule has 1 saturated heterocycles. The van der Waals surface area contributed by atoms with Crippen molar-refractivity contribution in [2.45, 2.75) is 58.2 Å². The van der Waals surface area contributed by atoms with Crippen molar-refractivity contribution in [2.24, 2.45) is 0 Å². The van der Waals surface area contributed by atoms with Crippen molar-refractivity contribution in [3.63, 3.8) is 0 Å². The Morgan fingerprint density at radius 3 is 2.27 bits per heavy atom. The molecule has 1 fully saturated rings. The summed E-state index contributed by atoms with van der Waals surface area (Å²) in [5.41, 5.74) is 0.131. The largest absolute Gasteiger partial charge is 0.491 e. The Balaban J connectivity index is 1.41. The molecular formula is C23H30N4O6. The maximum Gasteiger partial charge on any atom is 0.434 e. The molecule has 2 amide bonds. The minimum atomic E-state index is -0.689. The molecule has 1 aromatic heterocycles. The van der Waals surface area contributed by atoms with Crippen LogP contribution in [0, 0.1) is 0 Å². The van der Waals surface area contributed by atoms with E-state index in [4.69, 9.17) is 9.57 Å². The maximum absolute atomic E-state index is 12.7. The fraction of sp³-hybridized carbons (Fsp3) is 0.522. The van der Waals surface area contributed by atoms with E-state index in [1.807, 2.05) is 18.2 Å². The van der Waals surface area contributed by atoms with Crippen LogP contribution in [0.15, 0.2) is 35.1 Å². The van der Waals surface area contributed by atoms with Crippen LogP contribution in [0.4, 0.5) is 9.59 Å². The molecule has 0 saturated carbocycles. The van der Waals surface area contributed by atoms with Crippen molar-refractivity contribution in [3.8, 4) is 5.88 Å². The molecule has 0 atom stereocenters. The van der Waals surface area contributed by atoms with Gasteiger partial charge in [-0.1, -0.05) is 35.1 Å². The van der Waals surface area contributed by atoms with Gasteiger partial charge in [-0.2, -0.15) is 0 Å². The van der Waals surface area contributed by atoms with E-state index in [-0.39, 0.29) is 25.3 Å². The Kier molecular flexibility index (Phi) is 6.09. The number of benzene rings is 1. The van der Waals surface area contributed by atoms with E-state index < -0.39 is 29.4 Å². The summed E-state index contributed by atoms with van der Waals surface area (Å²) in [6.07, 6.45) is 0.353. The molecule has 1 N–H and O–H groups in total. The molecule has 178 valence electrons. The maximum atomic E-state index is 12.7. The Morgan fingerprint density at radius 1 is 0.970 bits per heavy atom. The lowest BCUT2D eigenvalue weighted by atomic mass is 9.90. The van der Waals surface area contributed by atoms with Crippen LogP contribution in [0.25, 0.3) is 0 Å². The third-order valence-corrected chi connectivity index (χ3v) is 5.96. The van der Waals surface area contributed by atoms with Crippen LogP contribution in [-0.2, 0) is 17.8 Å². The van der Waals surface area contributed by atoms with Gasteiger partial charge in [0.05, 0.1) is 6.54 Å². The van der Waals surface area contributed by atoms with E-state index in [1.165, 1.54) is 19.9 Å². The van der Waals surface area contributed by atoms with Gasteiger partial charge in [-0.25, -0.2) is 14.4 Å². The molecule has 3 heterocycles. The van der Waals surface area contributed by atoms with E-state index in [0.29, 0.717) is 23.7 Å². The molecule has 0 aliphatic carbocycles. The van der Waals surface area contributed by atoms with Crippen LogP contribution in [-0.4, -0.2) is 61.6 Å². The molecule has 0 radical (unpaired) electrons. The SMILES string of the molecule is CC(C)(C)OC(=O)N1CCn2c(c(O)n(OC(=O)N3CCC(c4ccccc4)CC3)c2=O)C1. The fourth-order valence-electron chi connectivity index (χ4n) is 4.24. The van der Waals surface area contributed by atoms with Crippen molar-refractivity contribution in [1.82, 2.24) is 19.1 Å². The Morgan fingerprint density at radius 2 is 1.64 bits per heavy atom. The Labute approximate surface area is 191 Å². The Hall–Kier alpha value is -3.43. The van der Waals surface area contributed by atoms with Crippen molar-refractivity contribution < 1.29 is 24.3 Å². The topological polar surface area (TPSA) is 106 Å². The van der Waals surface area contributed by atoms with Crippen LogP contribution >= 0.6 is 0 Å². The minimum Gasteiger partial charge on any atom is -0.491 e. The molecule has 0 unspecified atom stereocenters. The van der Waals surface area contributed by atoms with Crippen LogP contribution in [0.1, 0.15) is 50.8 Å². The zero-order chi connectivity index (χ0) is 23.8. The number of rotatable bonds is 2. The smallest absolute Gasteiger partial charge is 0.434 e. The normalized spacial score (nSPS) is 16.9. The first-order chi connectivity index (χ1) is 15.6. The molecule has 2 aliphatic heterocycles. The van der Waals surface area contributed by atoms with Crippen molar-refractivity contribution in [3.05, 3.63) is 52.1 Å². The molecule has 0 spiro atoms. The second kappa shape index (κ2) is 8.84. The molecule has 10 heteroatoms. The number of imidazole rings is 1. The summed E-state index contributed by atoms with van der Waals surface area (Å²) in [5, 5.41) is 10.6. The summed E-state index contributed by atoms with van der Waals surface area (Å²) in [7, 11) is 0. The molecule has 4 rings (SSSR count). The number of likely N-dealkylation sites (tertiary alicyclic amines) is 1. The van der Waals surface area contributed by atoms with E-state index in [9.17, 15) is 19.5 Å². The van der Waals surface area contributed by atoms with Crippen LogP contribution < -0.4 is 10.5 Å². The van der Waals surface area contributed by atoms with Gasteiger partial charge in [0.25, 0.3) is 5.88 Å². The van der Waals surface area contributed by atoms with E-state index in [0.717, 1.165) is 12.8 Å². The number of aromatic nitrogens is 2. The fourth-order valence-corrected chi connectivity index (χ4v) is 4.24. The molecular weight excluding hydrogens is 428 g/mol. The third kappa shape index (κ3) is 4.84. The summed E-state index contributed by atoms with van der Waals surface area (Å²) in [5.74, 6) is -0.118. The zero-order valence-corrected chi connectivity index (χ0v) is 19.2. The van der Waals surface area contributed by atoms with Crippen LogP contribution in [0.5, 0.6) is 5.88 Å². The van der Waals surface area contributed by atoms with E-state index >= 15 is 0 Å². The van der Waals surface area contributed by atoms with Gasteiger partial charge in [-0.3, -0.25) is 4.57 Å². The third-order valence-electron chi connectivity index (χ3n) is 5.96. The number of carbonyl (C=O) groups excluding carboxylic acids is 2. The van der Waals surface area contributed by atoms with Gasteiger partial charge in [0, 0.05) is 26.2 Å². The summed E-state index contributed by atoms with van der Waals surface area (Å²) < 4.78 is 7.29. The number of piperidine rings is 1. The number of hydrogen-bond acceptors (Lipinski definition) is 6. The number of nitrogens with zero attached hydrogens (tertiary/aromatic N) is 4. The molecule has 0 bridgehead atoms. The molecule has 2 aromatic rings. The summed E-state index contributed by atoms with van der Waals surface area (Å²) >= 11 is 0. The zero-order valence-electron chi connectivity index (χ0n) is 19.2. The summed E-state index contributed by atoms with van der Waals surface area (Å²) in [4.78, 5) is 46.0. The van der Waals surface area contributed by atoms with Gasteiger partial charge in [0.2, 0.25) is 0 Å². The number of ether oxygens (including phenoxy) is 1. The average Bonchev–Trinajstić information content (AvgIpc) is 3.03. The van der Waals surface area contributed by atoms with E-state index in [2.05, 4.69) is 12.1 Å². The number of hydrogen-bond donors (Lipinski definition) is 1. The number of carbonyl (C=O) groups is 2. The first-order valence-corrected chi connectivity index (χ1v) is 11.2. The van der Waals surface area contributed by atoms with Crippen molar-refractivity contribution >= 4 is 12.2 Å². The molecule has 10 nitrogen and oxygen atoms in total. The van der Waals surface area contributed by atoms with Gasteiger partial charge in [0.15, 0.2) is 0 Å². The monoisotopic (exact) mass is 458 g/mol. The first-order valence-electron chi connectivity index (χ1n) is 11.2. The number of amides is 2. The van der Waals surface area contributed by atoms with Gasteiger partial charge in [0.1, 0.15) is 11.3 Å². The highest BCUT2D eigenvalue weighted by molar-refractivity contribution is 5.69. The predicted octanol–water partition coefficient (Wildman–Crippen LogP) is 2.53. The van der Waals surface area contributed by atoms with Crippen molar-refractivity contribution in [2.75, 3.05) is 19.6 Å². The molecule has 33 heavy (non-hydrogen) atoms. The van der Waals surface area contributed by atoms with Crippen LogP contribution in [0.3, 0.4) is 0 Å². The lowest BCUT2D eigenvalue weighted by molar-refractivity contribution is 0.0196. The lowest BCUT2D eigenvalue weighted by Crippen LogP contribution is -2.45. The lowest BCUT2D eigenvalue weighted by Gasteiger charge is -2.31. The van der Waals surface area contributed by atoms with Gasteiger partial charge >= 0.3 is 17.9 Å².